The lowest BCUT2D eigenvalue weighted by atomic mass is 10.2. The molecule has 5 nitrogen and oxygen atoms in total. The van der Waals surface area contributed by atoms with E-state index in [-0.39, 0.29) is 5.69 Å². The predicted octanol–water partition coefficient (Wildman–Crippen LogP) is 2.08. The first kappa shape index (κ1) is 14.4. The van der Waals surface area contributed by atoms with Crippen molar-refractivity contribution < 1.29 is 22.7 Å². The Morgan fingerprint density at radius 2 is 2.25 bits per heavy atom. The number of anilines is 1. The third-order valence-corrected chi connectivity index (χ3v) is 3.17. The molecule has 1 atom stereocenters. The Hall–Kier alpha value is -1.99. The summed E-state index contributed by atoms with van der Waals surface area (Å²) < 4.78 is 43.3. The zero-order valence-corrected chi connectivity index (χ0v) is 10.8. The van der Waals surface area contributed by atoms with Gasteiger partial charge in [-0.15, -0.1) is 0 Å². The van der Waals surface area contributed by atoms with Crippen LogP contribution in [0.2, 0.25) is 0 Å². The molecular formula is C12H14F3N3O2. The molecule has 1 amide bonds. The van der Waals surface area contributed by atoms with Gasteiger partial charge in [-0.25, -0.2) is 4.79 Å². The molecule has 1 aromatic rings. The van der Waals surface area contributed by atoms with Crippen LogP contribution in [0.15, 0.2) is 12.3 Å². The molecule has 0 bridgehead atoms. The number of carbonyl (C=O) groups excluding carboxylic acids is 1. The van der Waals surface area contributed by atoms with E-state index in [1.807, 2.05) is 0 Å². The second-order valence-corrected chi connectivity index (χ2v) is 4.62. The van der Waals surface area contributed by atoms with Gasteiger partial charge in [-0.1, -0.05) is 0 Å². The normalized spacial score (nSPS) is 19.2. The van der Waals surface area contributed by atoms with E-state index in [9.17, 15) is 18.0 Å². The summed E-state index contributed by atoms with van der Waals surface area (Å²) in [6.07, 6.45) is -3.80. The largest absolute Gasteiger partial charge is 0.444 e. The van der Waals surface area contributed by atoms with Gasteiger partial charge in [0.25, 0.3) is 0 Å². The Bertz CT molecular complexity index is 519. The molecule has 0 aliphatic carbocycles. The highest BCUT2D eigenvalue weighted by Gasteiger charge is 2.34. The number of primary amides is 1. The Balaban J connectivity index is 2.17. The molecule has 0 radical (unpaired) electrons. The number of alkyl halides is 3. The molecule has 1 fully saturated rings. The minimum absolute atomic E-state index is 0.0645. The van der Waals surface area contributed by atoms with Gasteiger partial charge in [-0.2, -0.15) is 13.2 Å². The molecule has 0 saturated carbocycles. The number of hydrogen-bond donors (Lipinski definition) is 1. The first-order valence-electron chi connectivity index (χ1n) is 6.02. The molecule has 8 heteroatoms. The maximum Gasteiger partial charge on any atom is 0.418 e. The lowest BCUT2D eigenvalue weighted by Crippen LogP contribution is -2.27. The summed E-state index contributed by atoms with van der Waals surface area (Å²) in [5.41, 5.74) is 4.46. The topological polar surface area (TPSA) is 68.5 Å². The van der Waals surface area contributed by atoms with Crippen LogP contribution in [0.25, 0.3) is 0 Å². The molecule has 2 N–H and O–H groups in total. The number of rotatable bonds is 2. The van der Waals surface area contributed by atoms with Gasteiger partial charge in [-0.05, 0) is 13.0 Å². The van der Waals surface area contributed by atoms with E-state index in [0.717, 1.165) is 6.07 Å². The molecule has 1 aliphatic heterocycles. The number of carbonyl (C=O) groups is 1. The lowest BCUT2D eigenvalue weighted by molar-refractivity contribution is -0.138. The molecule has 2 rings (SSSR count). The van der Waals surface area contributed by atoms with Gasteiger partial charge in [0.1, 0.15) is 6.10 Å². The Morgan fingerprint density at radius 3 is 2.85 bits per heavy atom. The maximum absolute atomic E-state index is 12.8. The van der Waals surface area contributed by atoms with Crippen molar-refractivity contribution in [2.45, 2.75) is 25.6 Å². The van der Waals surface area contributed by atoms with Gasteiger partial charge in [-0.3, -0.25) is 4.98 Å². The summed E-state index contributed by atoms with van der Waals surface area (Å²) in [5, 5.41) is 0. The van der Waals surface area contributed by atoms with E-state index in [1.54, 1.807) is 4.90 Å². The summed E-state index contributed by atoms with van der Waals surface area (Å²) in [6, 6.07) is 1.06. The average molecular weight is 289 g/mol. The first-order valence-corrected chi connectivity index (χ1v) is 6.02. The van der Waals surface area contributed by atoms with Gasteiger partial charge < -0.3 is 15.4 Å². The van der Waals surface area contributed by atoms with Crippen molar-refractivity contribution in [3.63, 3.8) is 0 Å². The van der Waals surface area contributed by atoms with E-state index < -0.39 is 23.9 Å². The number of aromatic nitrogens is 1. The SMILES string of the molecule is Cc1ncc(N2CC[C@@H](OC(N)=O)C2)cc1C(F)(F)F. The molecule has 2 heterocycles. The van der Waals surface area contributed by atoms with Crippen molar-refractivity contribution in [3.05, 3.63) is 23.5 Å². The molecule has 20 heavy (non-hydrogen) atoms. The third kappa shape index (κ3) is 3.12. The fourth-order valence-electron chi connectivity index (χ4n) is 2.21. The van der Waals surface area contributed by atoms with E-state index in [1.165, 1.54) is 13.1 Å². The molecular weight excluding hydrogens is 275 g/mol. The number of pyridine rings is 1. The van der Waals surface area contributed by atoms with Crippen LogP contribution in [0.4, 0.5) is 23.7 Å². The summed E-state index contributed by atoms with van der Waals surface area (Å²) in [6.45, 7) is 2.11. The number of nitrogens with two attached hydrogens (primary N) is 1. The standard InChI is InChI=1S/C12H14F3N3O2/c1-7-10(12(13,14)15)4-8(5-17-7)18-3-2-9(6-18)20-11(16)19/h4-5,9H,2-3,6H2,1H3,(H2,16,19)/t9-/m1/s1. The lowest BCUT2D eigenvalue weighted by Gasteiger charge is -2.20. The number of nitrogens with zero attached hydrogens (tertiary/aromatic N) is 2. The molecule has 1 aromatic heterocycles. The Kier molecular flexibility index (Phi) is 3.74. The van der Waals surface area contributed by atoms with E-state index in [2.05, 4.69) is 4.98 Å². The monoisotopic (exact) mass is 289 g/mol. The van der Waals surface area contributed by atoms with Crippen molar-refractivity contribution >= 4 is 11.8 Å². The Labute approximate surface area is 113 Å². The molecule has 1 saturated heterocycles. The van der Waals surface area contributed by atoms with Gasteiger partial charge in [0.2, 0.25) is 0 Å². The van der Waals surface area contributed by atoms with Crippen molar-refractivity contribution in [3.8, 4) is 0 Å². The van der Waals surface area contributed by atoms with Crippen LogP contribution in [-0.4, -0.2) is 30.3 Å². The zero-order valence-electron chi connectivity index (χ0n) is 10.8. The third-order valence-electron chi connectivity index (χ3n) is 3.17. The first-order chi connectivity index (χ1) is 9.27. The molecule has 0 aromatic carbocycles. The summed E-state index contributed by atoms with van der Waals surface area (Å²) in [7, 11) is 0. The van der Waals surface area contributed by atoms with E-state index in [4.69, 9.17) is 10.5 Å². The zero-order chi connectivity index (χ0) is 14.9. The number of ether oxygens (including phenoxy) is 1. The number of hydrogen-bond acceptors (Lipinski definition) is 4. The van der Waals surface area contributed by atoms with Crippen molar-refractivity contribution in [2.75, 3.05) is 18.0 Å². The number of amides is 1. The van der Waals surface area contributed by atoms with Crippen LogP contribution in [0.3, 0.4) is 0 Å². The Morgan fingerprint density at radius 1 is 1.55 bits per heavy atom. The fourth-order valence-corrected chi connectivity index (χ4v) is 2.21. The number of halogens is 3. The van der Waals surface area contributed by atoms with Crippen LogP contribution in [0, 0.1) is 6.92 Å². The minimum Gasteiger partial charge on any atom is -0.444 e. The van der Waals surface area contributed by atoms with Gasteiger partial charge >= 0.3 is 12.3 Å². The van der Waals surface area contributed by atoms with Crippen molar-refractivity contribution in [1.29, 1.82) is 0 Å². The van der Waals surface area contributed by atoms with E-state index in [0.29, 0.717) is 25.2 Å². The second kappa shape index (κ2) is 5.18. The molecule has 1 aliphatic rings. The quantitative estimate of drug-likeness (QED) is 0.905. The predicted molar refractivity (Wildman–Crippen MR) is 65.3 cm³/mol. The highest BCUT2D eigenvalue weighted by atomic mass is 19.4. The van der Waals surface area contributed by atoms with Crippen LogP contribution in [-0.2, 0) is 10.9 Å². The van der Waals surface area contributed by atoms with Gasteiger partial charge in [0.05, 0.1) is 24.0 Å². The molecule has 0 unspecified atom stereocenters. The summed E-state index contributed by atoms with van der Waals surface area (Å²) in [4.78, 5) is 16.1. The van der Waals surface area contributed by atoms with Crippen LogP contribution in [0.5, 0.6) is 0 Å². The van der Waals surface area contributed by atoms with Gasteiger partial charge in [0.15, 0.2) is 0 Å². The van der Waals surface area contributed by atoms with Gasteiger partial charge in [0, 0.05) is 18.7 Å². The average Bonchev–Trinajstić information content (AvgIpc) is 2.75. The summed E-state index contributed by atoms with van der Waals surface area (Å²) >= 11 is 0. The van der Waals surface area contributed by atoms with E-state index >= 15 is 0 Å². The smallest absolute Gasteiger partial charge is 0.418 e. The van der Waals surface area contributed by atoms with Crippen LogP contribution >= 0.6 is 0 Å². The summed E-state index contributed by atoms with van der Waals surface area (Å²) in [5.74, 6) is 0. The van der Waals surface area contributed by atoms with Crippen molar-refractivity contribution in [2.24, 2.45) is 5.73 Å². The van der Waals surface area contributed by atoms with Crippen LogP contribution < -0.4 is 10.6 Å². The van der Waals surface area contributed by atoms with Crippen LogP contribution in [0.1, 0.15) is 17.7 Å². The second-order valence-electron chi connectivity index (χ2n) is 4.62. The highest BCUT2D eigenvalue weighted by molar-refractivity contribution is 5.65. The highest BCUT2D eigenvalue weighted by Crippen LogP contribution is 2.34. The fraction of sp³-hybridized carbons (Fsp3) is 0.500. The minimum atomic E-state index is -4.43. The molecule has 110 valence electrons. The maximum atomic E-state index is 12.8. The van der Waals surface area contributed by atoms with Crippen molar-refractivity contribution in [1.82, 2.24) is 4.98 Å². The molecule has 0 spiro atoms. The number of aryl methyl sites for hydroxylation is 1.